The standard InChI is InChI=1S/C20H19ClFN5O3/c1-13-6-8-14(9-7-13)20-23-25-27(24-20)11-19(29)30-12-18(28)26(2)10-15-16(21)4-3-5-17(15)22/h3-9H,10-12H2,1-2H3. The molecule has 1 aromatic heterocycles. The summed E-state index contributed by atoms with van der Waals surface area (Å²) in [5.41, 5.74) is 2.06. The van der Waals surface area contributed by atoms with Crippen molar-refractivity contribution in [2.45, 2.75) is 20.0 Å². The fraction of sp³-hybridized carbons (Fsp3) is 0.250. The number of ether oxygens (including phenoxy) is 1. The molecule has 0 saturated heterocycles. The van der Waals surface area contributed by atoms with E-state index in [0.29, 0.717) is 5.82 Å². The van der Waals surface area contributed by atoms with E-state index >= 15 is 0 Å². The number of likely N-dealkylation sites (N-methyl/N-ethyl adjacent to an activating group) is 1. The SMILES string of the molecule is Cc1ccc(-c2nnn(CC(=O)OCC(=O)N(C)Cc3c(F)cccc3Cl)n2)cc1. The Hall–Kier alpha value is -3.33. The predicted octanol–water partition coefficient (Wildman–Crippen LogP) is 2.64. The molecule has 3 aromatic rings. The lowest BCUT2D eigenvalue weighted by molar-refractivity contribution is -0.152. The van der Waals surface area contributed by atoms with Crippen molar-refractivity contribution in [1.82, 2.24) is 25.1 Å². The molecular formula is C20H19ClFN5O3. The maximum absolute atomic E-state index is 13.8. The highest BCUT2D eigenvalue weighted by Crippen LogP contribution is 2.20. The van der Waals surface area contributed by atoms with Gasteiger partial charge in [-0.2, -0.15) is 4.80 Å². The first-order valence-electron chi connectivity index (χ1n) is 9.01. The number of halogens is 2. The third-order valence-electron chi connectivity index (χ3n) is 4.27. The normalized spacial score (nSPS) is 10.7. The number of aryl methyl sites for hydroxylation is 1. The van der Waals surface area contributed by atoms with Gasteiger partial charge in [-0.15, -0.1) is 10.2 Å². The number of nitrogens with zero attached hydrogens (tertiary/aromatic N) is 5. The molecule has 3 rings (SSSR count). The molecule has 0 N–H and O–H groups in total. The largest absolute Gasteiger partial charge is 0.454 e. The van der Waals surface area contributed by atoms with E-state index in [2.05, 4.69) is 15.4 Å². The number of rotatable bonds is 7. The van der Waals surface area contributed by atoms with Crippen LogP contribution < -0.4 is 0 Å². The molecule has 2 aromatic carbocycles. The van der Waals surface area contributed by atoms with Gasteiger partial charge in [-0.3, -0.25) is 4.79 Å². The van der Waals surface area contributed by atoms with E-state index in [0.717, 1.165) is 15.9 Å². The van der Waals surface area contributed by atoms with Gasteiger partial charge in [-0.25, -0.2) is 9.18 Å². The first-order chi connectivity index (χ1) is 14.3. The lowest BCUT2D eigenvalue weighted by Crippen LogP contribution is -2.32. The summed E-state index contributed by atoms with van der Waals surface area (Å²) in [7, 11) is 1.46. The van der Waals surface area contributed by atoms with Crippen LogP contribution in [-0.2, 0) is 27.4 Å². The molecule has 0 aliphatic rings. The summed E-state index contributed by atoms with van der Waals surface area (Å²) in [6.07, 6.45) is 0. The second-order valence-corrected chi connectivity index (χ2v) is 7.03. The minimum Gasteiger partial charge on any atom is -0.454 e. The molecule has 1 heterocycles. The lowest BCUT2D eigenvalue weighted by atomic mass is 10.1. The number of carbonyl (C=O) groups excluding carboxylic acids is 2. The van der Waals surface area contributed by atoms with Crippen LogP contribution in [0.3, 0.4) is 0 Å². The van der Waals surface area contributed by atoms with Gasteiger partial charge in [-0.05, 0) is 24.3 Å². The Labute approximate surface area is 177 Å². The Kier molecular flexibility index (Phi) is 6.73. The highest BCUT2D eigenvalue weighted by atomic mass is 35.5. The highest BCUT2D eigenvalue weighted by Gasteiger charge is 2.17. The number of tetrazole rings is 1. The Morgan fingerprint density at radius 3 is 2.63 bits per heavy atom. The number of benzene rings is 2. The molecule has 0 unspecified atom stereocenters. The molecule has 0 atom stereocenters. The Morgan fingerprint density at radius 2 is 1.93 bits per heavy atom. The van der Waals surface area contributed by atoms with Crippen molar-refractivity contribution < 1.29 is 18.7 Å². The van der Waals surface area contributed by atoms with E-state index in [-0.39, 0.29) is 23.7 Å². The number of aromatic nitrogens is 4. The van der Waals surface area contributed by atoms with Crippen LogP contribution in [0, 0.1) is 12.7 Å². The summed E-state index contributed by atoms with van der Waals surface area (Å²) < 4.78 is 18.8. The summed E-state index contributed by atoms with van der Waals surface area (Å²) in [6, 6.07) is 11.8. The van der Waals surface area contributed by atoms with Gasteiger partial charge in [-0.1, -0.05) is 47.5 Å². The van der Waals surface area contributed by atoms with Crippen LogP contribution >= 0.6 is 11.6 Å². The van der Waals surface area contributed by atoms with Crippen molar-refractivity contribution in [1.29, 1.82) is 0 Å². The molecule has 1 amide bonds. The Balaban J connectivity index is 1.50. The average molecular weight is 432 g/mol. The summed E-state index contributed by atoms with van der Waals surface area (Å²) in [5.74, 6) is -1.34. The van der Waals surface area contributed by atoms with E-state index in [4.69, 9.17) is 16.3 Å². The summed E-state index contributed by atoms with van der Waals surface area (Å²) in [5, 5.41) is 12.1. The lowest BCUT2D eigenvalue weighted by Gasteiger charge is -2.18. The molecule has 0 aliphatic carbocycles. The fourth-order valence-corrected chi connectivity index (χ4v) is 2.77. The molecule has 0 saturated carbocycles. The Morgan fingerprint density at radius 1 is 1.20 bits per heavy atom. The average Bonchev–Trinajstić information content (AvgIpc) is 3.17. The van der Waals surface area contributed by atoms with E-state index in [1.807, 2.05) is 31.2 Å². The Bertz CT molecular complexity index is 1030. The van der Waals surface area contributed by atoms with Crippen LogP contribution in [0.15, 0.2) is 42.5 Å². The van der Waals surface area contributed by atoms with Crippen LogP contribution in [0.2, 0.25) is 5.02 Å². The topological polar surface area (TPSA) is 90.2 Å². The third-order valence-corrected chi connectivity index (χ3v) is 4.63. The summed E-state index contributed by atoms with van der Waals surface area (Å²) in [4.78, 5) is 26.5. The number of carbonyl (C=O) groups is 2. The number of hydrogen-bond donors (Lipinski definition) is 0. The highest BCUT2D eigenvalue weighted by molar-refractivity contribution is 6.31. The van der Waals surface area contributed by atoms with Crippen LogP contribution in [0.4, 0.5) is 4.39 Å². The zero-order valence-electron chi connectivity index (χ0n) is 16.4. The number of esters is 1. The van der Waals surface area contributed by atoms with E-state index in [1.54, 1.807) is 0 Å². The molecule has 10 heteroatoms. The molecule has 8 nitrogen and oxygen atoms in total. The first-order valence-corrected chi connectivity index (χ1v) is 9.38. The first kappa shape index (κ1) is 21.4. The maximum Gasteiger partial charge on any atom is 0.330 e. The van der Waals surface area contributed by atoms with Gasteiger partial charge in [0, 0.05) is 29.7 Å². The van der Waals surface area contributed by atoms with Crippen LogP contribution in [0.5, 0.6) is 0 Å². The second kappa shape index (κ2) is 9.45. The zero-order chi connectivity index (χ0) is 21.7. The smallest absolute Gasteiger partial charge is 0.330 e. The van der Waals surface area contributed by atoms with Gasteiger partial charge in [0.2, 0.25) is 5.82 Å². The van der Waals surface area contributed by atoms with Gasteiger partial charge in [0.25, 0.3) is 5.91 Å². The van der Waals surface area contributed by atoms with E-state index < -0.39 is 24.3 Å². The van der Waals surface area contributed by atoms with E-state index in [9.17, 15) is 14.0 Å². The quantitative estimate of drug-likeness (QED) is 0.534. The van der Waals surface area contributed by atoms with E-state index in [1.165, 1.54) is 30.1 Å². The molecular weight excluding hydrogens is 413 g/mol. The molecule has 0 radical (unpaired) electrons. The predicted molar refractivity (Wildman–Crippen MR) is 107 cm³/mol. The van der Waals surface area contributed by atoms with Crippen molar-refractivity contribution in [2.75, 3.05) is 13.7 Å². The van der Waals surface area contributed by atoms with Gasteiger partial charge in [0.15, 0.2) is 13.2 Å². The molecule has 156 valence electrons. The zero-order valence-corrected chi connectivity index (χ0v) is 17.1. The van der Waals surface area contributed by atoms with Crippen LogP contribution in [0.25, 0.3) is 11.4 Å². The second-order valence-electron chi connectivity index (χ2n) is 6.62. The van der Waals surface area contributed by atoms with Gasteiger partial charge in [0.1, 0.15) is 5.82 Å². The molecule has 0 fully saturated rings. The van der Waals surface area contributed by atoms with Crippen molar-refractivity contribution >= 4 is 23.5 Å². The van der Waals surface area contributed by atoms with Crippen LogP contribution in [0.1, 0.15) is 11.1 Å². The van der Waals surface area contributed by atoms with Gasteiger partial charge < -0.3 is 9.64 Å². The van der Waals surface area contributed by atoms with Crippen molar-refractivity contribution in [3.8, 4) is 11.4 Å². The molecule has 0 spiro atoms. The monoisotopic (exact) mass is 431 g/mol. The van der Waals surface area contributed by atoms with Crippen LogP contribution in [-0.4, -0.2) is 50.6 Å². The molecule has 30 heavy (non-hydrogen) atoms. The number of hydrogen-bond acceptors (Lipinski definition) is 6. The minimum absolute atomic E-state index is 0.0492. The van der Waals surface area contributed by atoms with Crippen molar-refractivity contribution in [2.24, 2.45) is 0 Å². The third kappa shape index (κ3) is 5.38. The molecule has 0 aliphatic heterocycles. The van der Waals surface area contributed by atoms with Crippen molar-refractivity contribution in [3.63, 3.8) is 0 Å². The van der Waals surface area contributed by atoms with Crippen molar-refractivity contribution in [3.05, 3.63) is 64.4 Å². The maximum atomic E-state index is 13.8. The number of amides is 1. The van der Waals surface area contributed by atoms with Gasteiger partial charge >= 0.3 is 5.97 Å². The summed E-state index contributed by atoms with van der Waals surface area (Å²) in [6.45, 7) is 1.12. The molecule has 0 bridgehead atoms. The fourth-order valence-electron chi connectivity index (χ4n) is 2.55. The summed E-state index contributed by atoms with van der Waals surface area (Å²) >= 11 is 5.96. The van der Waals surface area contributed by atoms with Gasteiger partial charge in [0.05, 0.1) is 0 Å². The minimum atomic E-state index is -0.700.